The van der Waals surface area contributed by atoms with Crippen LogP contribution in [-0.4, -0.2) is 19.9 Å². The molecule has 0 aliphatic rings. The Morgan fingerprint density at radius 1 is 0.952 bits per heavy atom. The first kappa shape index (κ1) is 13.4. The third-order valence-electron chi connectivity index (χ3n) is 2.46. The molecule has 0 bridgehead atoms. The third-order valence-corrected chi connectivity index (χ3v) is 2.87. The van der Waals surface area contributed by atoms with Gasteiger partial charge in [-0.05, 0) is 34.1 Å². The first-order valence-electron chi connectivity index (χ1n) is 6.09. The summed E-state index contributed by atoms with van der Waals surface area (Å²) in [5, 5.41) is 3.09. The number of hydrogen-bond acceptors (Lipinski definition) is 6. The molecule has 0 saturated heterocycles. The van der Waals surface area contributed by atoms with Crippen LogP contribution in [0.3, 0.4) is 0 Å². The van der Waals surface area contributed by atoms with Crippen molar-refractivity contribution in [2.75, 3.05) is 5.32 Å². The van der Waals surface area contributed by atoms with E-state index in [1.54, 1.807) is 30.9 Å². The Hall–Kier alpha value is -2.54. The maximum atomic E-state index is 5.59. The molecule has 21 heavy (non-hydrogen) atoms. The first-order valence-corrected chi connectivity index (χ1v) is 6.88. The Morgan fingerprint density at radius 2 is 1.71 bits per heavy atom. The number of benzene rings is 1. The molecule has 0 aliphatic carbocycles. The number of aromatic nitrogens is 4. The number of nitrogens with one attached hydrogen (secondary N) is 1. The van der Waals surface area contributed by atoms with E-state index in [-0.39, 0.29) is 6.01 Å². The van der Waals surface area contributed by atoms with Gasteiger partial charge in [0.25, 0.3) is 0 Å². The average Bonchev–Trinajstić information content (AvgIpc) is 2.51. The molecular formula is C14H10BrN5O. The fourth-order valence-electron chi connectivity index (χ4n) is 1.59. The van der Waals surface area contributed by atoms with E-state index in [1.807, 2.05) is 24.3 Å². The zero-order valence-corrected chi connectivity index (χ0v) is 12.4. The SMILES string of the molecule is Brc1cnc(Oc2cccc(Nc3ncccn3)c2)nc1. The second-order valence-electron chi connectivity index (χ2n) is 4.01. The number of anilines is 2. The van der Waals surface area contributed by atoms with E-state index in [0.29, 0.717) is 11.7 Å². The molecule has 1 N–H and O–H groups in total. The van der Waals surface area contributed by atoms with Crippen LogP contribution in [-0.2, 0) is 0 Å². The van der Waals surface area contributed by atoms with Gasteiger partial charge >= 0.3 is 6.01 Å². The number of ether oxygens (including phenoxy) is 1. The molecule has 0 fully saturated rings. The summed E-state index contributed by atoms with van der Waals surface area (Å²) >= 11 is 3.28. The Bertz CT molecular complexity index is 721. The number of hydrogen-bond donors (Lipinski definition) is 1. The van der Waals surface area contributed by atoms with Gasteiger partial charge in [0.2, 0.25) is 5.95 Å². The summed E-state index contributed by atoms with van der Waals surface area (Å²) in [4.78, 5) is 16.3. The minimum absolute atomic E-state index is 0.284. The molecule has 3 aromatic rings. The van der Waals surface area contributed by atoms with Crippen LogP contribution in [0.15, 0.2) is 59.6 Å². The Kier molecular flexibility index (Phi) is 4.02. The highest BCUT2D eigenvalue weighted by atomic mass is 79.9. The van der Waals surface area contributed by atoms with E-state index < -0.39 is 0 Å². The first-order chi connectivity index (χ1) is 10.3. The zero-order valence-electron chi connectivity index (χ0n) is 10.8. The highest BCUT2D eigenvalue weighted by Gasteiger charge is 2.02. The molecule has 0 amide bonds. The normalized spacial score (nSPS) is 10.1. The maximum Gasteiger partial charge on any atom is 0.321 e. The highest BCUT2D eigenvalue weighted by Crippen LogP contribution is 2.23. The van der Waals surface area contributed by atoms with Crippen LogP contribution in [0.25, 0.3) is 0 Å². The van der Waals surface area contributed by atoms with Gasteiger partial charge in [-0.25, -0.2) is 19.9 Å². The molecule has 2 heterocycles. The van der Waals surface area contributed by atoms with Crippen molar-refractivity contribution >= 4 is 27.6 Å². The molecule has 0 radical (unpaired) electrons. The lowest BCUT2D eigenvalue weighted by Gasteiger charge is -2.07. The van der Waals surface area contributed by atoms with Gasteiger partial charge in [-0.15, -0.1) is 0 Å². The summed E-state index contributed by atoms with van der Waals surface area (Å²) in [5.74, 6) is 1.15. The van der Waals surface area contributed by atoms with Crippen molar-refractivity contribution in [2.45, 2.75) is 0 Å². The summed E-state index contributed by atoms with van der Waals surface area (Å²) in [7, 11) is 0. The average molecular weight is 344 g/mol. The molecule has 0 saturated carbocycles. The van der Waals surface area contributed by atoms with Crippen LogP contribution < -0.4 is 10.1 Å². The lowest BCUT2D eigenvalue weighted by molar-refractivity contribution is 0.441. The van der Waals surface area contributed by atoms with E-state index in [4.69, 9.17) is 4.74 Å². The summed E-state index contributed by atoms with van der Waals surface area (Å²) in [6, 6.07) is 9.44. The van der Waals surface area contributed by atoms with Crippen LogP contribution in [0.2, 0.25) is 0 Å². The van der Waals surface area contributed by atoms with Crippen LogP contribution in [0.4, 0.5) is 11.6 Å². The van der Waals surface area contributed by atoms with Gasteiger partial charge in [0.1, 0.15) is 5.75 Å². The van der Waals surface area contributed by atoms with E-state index >= 15 is 0 Å². The van der Waals surface area contributed by atoms with E-state index in [2.05, 4.69) is 41.2 Å². The van der Waals surface area contributed by atoms with Gasteiger partial charge in [-0.2, -0.15) is 0 Å². The minimum atomic E-state index is 0.284. The van der Waals surface area contributed by atoms with Crippen LogP contribution in [0.1, 0.15) is 0 Å². The predicted molar refractivity (Wildman–Crippen MR) is 81.6 cm³/mol. The molecule has 0 spiro atoms. The number of nitrogens with zero attached hydrogens (tertiary/aromatic N) is 4. The summed E-state index contributed by atoms with van der Waals surface area (Å²) in [6.45, 7) is 0. The van der Waals surface area contributed by atoms with Gasteiger partial charge in [0.15, 0.2) is 0 Å². The highest BCUT2D eigenvalue weighted by molar-refractivity contribution is 9.10. The lowest BCUT2D eigenvalue weighted by Crippen LogP contribution is -1.96. The quantitative estimate of drug-likeness (QED) is 0.780. The van der Waals surface area contributed by atoms with Crippen molar-refractivity contribution in [3.8, 4) is 11.8 Å². The van der Waals surface area contributed by atoms with Crippen LogP contribution in [0.5, 0.6) is 11.8 Å². The molecule has 0 aliphatic heterocycles. The monoisotopic (exact) mass is 343 g/mol. The third kappa shape index (κ3) is 3.73. The Morgan fingerprint density at radius 3 is 2.48 bits per heavy atom. The van der Waals surface area contributed by atoms with Crippen molar-refractivity contribution < 1.29 is 4.74 Å². The van der Waals surface area contributed by atoms with Gasteiger partial charge in [0.05, 0.1) is 4.47 Å². The summed E-state index contributed by atoms with van der Waals surface area (Å²) in [6.07, 6.45) is 6.60. The van der Waals surface area contributed by atoms with Gasteiger partial charge in [-0.1, -0.05) is 6.07 Å². The number of halogens is 1. The topological polar surface area (TPSA) is 72.8 Å². The summed E-state index contributed by atoms with van der Waals surface area (Å²) in [5.41, 5.74) is 0.816. The molecule has 7 heteroatoms. The predicted octanol–water partition coefficient (Wildman–Crippen LogP) is 3.57. The fraction of sp³-hybridized carbons (Fsp3) is 0. The molecule has 1 aromatic carbocycles. The molecule has 0 atom stereocenters. The lowest BCUT2D eigenvalue weighted by atomic mass is 10.3. The van der Waals surface area contributed by atoms with Crippen LogP contribution in [0, 0.1) is 0 Å². The van der Waals surface area contributed by atoms with E-state index in [1.165, 1.54) is 0 Å². The van der Waals surface area contributed by atoms with Crippen molar-refractivity contribution in [3.05, 3.63) is 59.6 Å². The summed E-state index contributed by atoms with van der Waals surface area (Å²) < 4.78 is 6.39. The smallest absolute Gasteiger partial charge is 0.321 e. The molecule has 2 aromatic heterocycles. The van der Waals surface area contributed by atoms with E-state index in [0.717, 1.165) is 10.2 Å². The number of rotatable bonds is 4. The van der Waals surface area contributed by atoms with Gasteiger partial charge in [-0.3, -0.25) is 0 Å². The fourth-order valence-corrected chi connectivity index (χ4v) is 1.79. The largest absolute Gasteiger partial charge is 0.424 e. The van der Waals surface area contributed by atoms with Crippen molar-refractivity contribution in [1.82, 2.24) is 19.9 Å². The maximum absolute atomic E-state index is 5.59. The van der Waals surface area contributed by atoms with Crippen molar-refractivity contribution in [1.29, 1.82) is 0 Å². The van der Waals surface area contributed by atoms with Gasteiger partial charge < -0.3 is 10.1 Å². The molecule has 6 nitrogen and oxygen atoms in total. The zero-order chi connectivity index (χ0) is 14.5. The van der Waals surface area contributed by atoms with Crippen LogP contribution >= 0.6 is 15.9 Å². The molecule has 3 rings (SSSR count). The van der Waals surface area contributed by atoms with Crippen molar-refractivity contribution in [3.63, 3.8) is 0 Å². The minimum Gasteiger partial charge on any atom is -0.424 e. The standard InChI is InChI=1S/C14H10BrN5O/c15-10-8-18-14(19-9-10)21-12-4-1-3-11(7-12)20-13-16-5-2-6-17-13/h1-9H,(H,16,17,20). The molecule has 0 unspecified atom stereocenters. The Labute approximate surface area is 129 Å². The second kappa shape index (κ2) is 6.27. The van der Waals surface area contributed by atoms with Crippen molar-refractivity contribution in [2.24, 2.45) is 0 Å². The molecule has 104 valence electrons. The van der Waals surface area contributed by atoms with Gasteiger partial charge in [0, 0.05) is 36.5 Å². The Balaban J connectivity index is 1.75. The second-order valence-corrected chi connectivity index (χ2v) is 4.93. The van der Waals surface area contributed by atoms with E-state index in [9.17, 15) is 0 Å². The molecular weight excluding hydrogens is 334 g/mol.